The van der Waals surface area contributed by atoms with E-state index >= 15 is 0 Å². The number of nitrogens with two attached hydrogens (primary N) is 1. The Bertz CT molecular complexity index is 627. The van der Waals surface area contributed by atoms with Crippen molar-refractivity contribution in [3.8, 4) is 0 Å². The number of amides is 1. The second-order valence-electron chi connectivity index (χ2n) is 5.57. The molecular formula is C14H20N2O4S. The topological polar surface area (TPSA) is 89.7 Å². The van der Waals surface area contributed by atoms with Gasteiger partial charge in [0, 0.05) is 25.9 Å². The Morgan fingerprint density at radius 1 is 1.38 bits per heavy atom. The van der Waals surface area contributed by atoms with Crippen LogP contribution in [-0.2, 0) is 25.9 Å². The van der Waals surface area contributed by atoms with E-state index in [0.29, 0.717) is 31.1 Å². The van der Waals surface area contributed by atoms with Crippen LogP contribution < -0.4 is 5.73 Å². The highest BCUT2D eigenvalue weighted by Crippen LogP contribution is 2.19. The predicted molar refractivity (Wildman–Crippen MR) is 78.4 cm³/mol. The Kier molecular flexibility index (Phi) is 4.36. The lowest BCUT2D eigenvalue weighted by molar-refractivity contribution is -0.153. The molecule has 1 fully saturated rings. The van der Waals surface area contributed by atoms with Gasteiger partial charge >= 0.3 is 0 Å². The summed E-state index contributed by atoms with van der Waals surface area (Å²) in [5.41, 5.74) is 5.38. The third-order valence-electron chi connectivity index (χ3n) is 3.63. The molecular weight excluding hydrogens is 292 g/mol. The van der Waals surface area contributed by atoms with Crippen molar-refractivity contribution in [3.63, 3.8) is 0 Å². The zero-order valence-electron chi connectivity index (χ0n) is 12.2. The van der Waals surface area contributed by atoms with Crippen molar-refractivity contribution in [2.75, 3.05) is 26.0 Å². The molecule has 2 rings (SSSR count). The molecule has 1 heterocycles. The van der Waals surface area contributed by atoms with Gasteiger partial charge in [-0.2, -0.15) is 0 Å². The van der Waals surface area contributed by atoms with Crippen LogP contribution in [0.25, 0.3) is 0 Å². The number of rotatable bonds is 4. The second kappa shape index (κ2) is 5.75. The highest BCUT2D eigenvalue weighted by atomic mass is 32.2. The van der Waals surface area contributed by atoms with Crippen LogP contribution in [0, 0.1) is 0 Å². The number of hydrogen-bond acceptors (Lipinski definition) is 5. The van der Waals surface area contributed by atoms with Crippen LogP contribution in [0.5, 0.6) is 0 Å². The van der Waals surface area contributed by atoms with Crippen LogP contribution in [0.4, 0.5) is 0 Å². The van der Waals surface area contributed by atoms with Crippen molar-refractivity contribution in [3.05, 3.63) is 29.8 Å². The molecule has 1 amide bonds. The summed E-state index contributed by atoms with van der Waals surface area (Å²) in [6.07, 6.45) is 1.18. The summed E-state index contributed by atoms with van der Waals surface area (Å²) in [6.45, 7) is 3.89. The first-order valence-electron chi connectivity index (χ1n) is 6.66. The van der Waals surface area contributed by atoms with Gasteiger partial charge < -0.3 is 10.5 Å². The van der Waals surface area contributed by atoms with Crippen molar-refractivity contribution in [2.45, 2.75) is 24.0 Å². The van der Waals surface area contributed by atoms with E-state index in [-0.39, 0.29) is 0 Å². The van der Waals surface area contributed by atoms with Crippen molar-refractivity contribution < 1.29 is 17.9 Å². The maximum Gasteiger partial charge on any atom is 0.250 e. The Labute approximate surface area is 124 Å². The van der Waals surface area contributed by atoms with E-state index in [1.54, 1.807) is 31.2 Å². The van der Waals surface area contributed by atoms with E-state index in [2.05, 4.69) is 4.90 Å². The Morgan fingerprint density at radius 2 is 2.00 bits per heavy atom. The maximum absolute atomic E-state index is 11.4. The molecule has 1 aliphatic heterocycles. The van der Waals surface area contributed by atoms with Crippen LogP contribution in [0.1, 0.15) is 12.5 Å². The summed E-state index contributed by atoms with van der Waals surface area (Å²) in [5, 5.41) is 0. The SMILES string of the molecule is C[C@]1(C(N)=O)CN(Cc2ccc(S(C)(=O)=O)cc2)CCO1. The first-order valence-corrected chi connectivity index (χ1v) is 8.55. The number of morpholine rings is 1. The van der Waals surface area contributed by atoms with Crippen molar-refractivity contribution >= 4 is 15.7 Å². The van der Waals surface area contributed by atoms with Gasteiger partial charge in [-0.25, -0.2) is 8.42 Å². The summed E-state index contributed by atoms with van der Waals surface area (Å²) in [7, 11) is -3.18. The van der Waals surface area contributed by atoms with Crippen LogP contribution >= 0.6 is 0 Å². The third-order valence-corrected chi connectivity index (χ3v) is 4.76. The van der Waals surface area contributed by atoms with E-state index < -0.39 is 21.3 Å². The Balaban J connectivity index is 2.06. The number of carbonyl (C=O) groups is 1. The first kappa shape index (κ1) is 15.9. The van der Waals surface area contributed by atoms with E-state index in [0.717, 1.165) is 5.56 Å². The lowest BCUT2D eigenvalue weighted by Crippen LogP contribution is -2.56. The molecule has 1 aromatic rings. The van der Waals surface area contributed by atoms with Gasteiger partial charge in [-0.05, 0) is 24.6 Å². The number of ether oxygens (including phenoxy) is 1. The van der Waals surface area contributed by atoms with Crippen LogP contribution in [0.2, 0.25) is 0 Å². The Hall–Kier alpha value is -1.44. The number of carbonyl (C=O) groups excluding carboxylic acids is 1. The smallest absolute Gasteiger partial charge is 0.250 e. The molecule has 1 saturated heterocycles. The van der Waals surface area contributed by atoms with E-state index in [1.165, 1.54) is 6.26 Å². The minimum absolute atomic E-state index is 0.301. The van der Waals surface area contributed by atoms with Crippen molar-refractivity contribution in [2.24, 2.45) is 5.73 Å². The van der Waals surface area contributed by atoms with Crippen molar-refractivity contribution in [1.82, 2.24) is 4.90 Å². The molecule has 116 valence electrons. The quantitative estimate of drug-likeness (QED) is 0.856. The molecule has 2 N–H and O–H groups in total. The molecule has 0 spiro atoms. The lowest BCUT2D eigenvalue weighted by Gasteiger charge is -2.38. The zero-order chi connectivity index (χ0) is 15.7. The number of nitrogens with zero attached hydrogens (tertiary/aromatic N) is 1. The fourth-order valence-corrected chi connectivity index (χ4v) is 2.97. The van der Waals surface area contributed by atoms with Gasteiger partial charge in [-0.1, -0.05) is 12.1 Å². The predicted octanol–water partition coefficient (Wildman–Crippen LogP) is 0.166. The molecule has 0 aliphatic carbocycles. The van der Waals surface area contributed by atoms with Gasteiger partial charge in [-0.3, -0.25) is 9.69 Å². The number of hydrogen-bond donors (Lipinski definition) is 1. The Morgan fingerprint density at radius 3 is 2.52 bits per heavy atom. The molecule has 6 nitrogen and oxygen atoms in total. The molecule has 0 unspecified atom stereocenters. The van der Waals surface area contributed by atoms with Crippen LogP contribution in [-0.4, -0.2) is 50.8 Å². The van der Waals surface area contributed by atoms with Gasteiger partial charge in [0.25, 0.3) is 5.91 Å². The average Bonchev–Trinajstić information content (AvgIpc) is 2.38. The number of benzene rings is 1. The van der Waals surface area contributed by atoms with E-state index in [4.69, 9.17) is 10.5 Å². The lowest BCUT2D eigenvalue weighted by atomic mass is 10.0. The summed E-state index contributed by atoms with van der Waals surface area (Å²) in [4.78, 5) is 13.8. The second-order valence-corrected chi connectivity index (χ2v) is 7.59. The first-order chi connectivity index (χ1) is 9.71. The third kappa shape index (κ3) is 3.81. The minimum Gasteiger partial charge on any atom is -0.367 e. The van der Waals surface area contributed by atoms with Crippen LogP contribution in [0.3, 0.4) is 0 Å². The molecule has 0 aromatic heterocycles. The number of sulfone groups is 1. The molecule has 0 saturated carbocycles. The summed E-state index contributed by atoms with van der Waals surface area (Å²) >= 11 is 0. The van der Waals surface area contributed by atoms with Gasteiger partial charge in [0.15, 0.2) is 15.4 Å². The molecule has 0 radical (unpaired) electrons. The van der Waals surface area contributed by atoms with Gasteiger partial charge in [0.1, 0.15) is 0 Å². The molecule has 1 atom stereocenters. The fourth-order valence-electron chi connectivity index (χ4n) is 2.34. The average molecular weight is 312 g/mol. The fraction of sp³-hybridized carbons (Fsp3) is 0.500. The minimum atomic E-state index is -3.18. The van der Waals surface area contributed by atoms with Crippen LogP contribution in [0.15, 0.2) is 29.2 Å². The summed E-state index contributed by atoms with van der Waals surface area (Å²) < 4.78 is 28.3. The standard InChI is InChI=1S/C14H20N2O4S/c1-14(13(15)17)10-16(7-8-20-14)9-11-3-5-12(6-4-11)21(2,18)19/h3-6H,7-10H2,1-2H3,(H2,15,17)/t14-/m1/s1. The van der Waals surface area contributed by atoms with E-state index in [1.807, 2.05) is 0 Å². The van der Waals surface area contributed by atoms with E-state index in [9.17, 15) is 13.2 Å². The highest BCUT2D eigenvalue weighted by Gasteiger charge is 2.37. The molecule has 1 aliphatic rings. The summed E-state index contributed by atoms with van der Waals surface area (Å²) in [5.74, 6) is -0.473. The van der Waals surface area contributed by atoms with Gasteiger partial charge in [0.2, 0.25) is 0 Å². The highest BCUT2D eigenvalue weighted by molar-refractivity contribution is 7.90. The zero-order valence-corrected chi connectivity index (χ0v) is 13.0. The maximum atomic E-state index is 11.4. The molecule has 21 heavy (non-hydrogen) atoms. The molecule has 1 aromatic carbocycles. The molecule has 7 heteroatoms. The molecule has 0 bridgehead atoms. The van der Waals surface area contributed by atoms with Crippen molar-refractivity contribution in [1.29, 1.82) is 0 Å². The normalized spacial score (nSPS) is 23.9. The van der Waals surface area contributed by atoms with Gasteiger partial charge in [0.05, 0.1) is 11.5 Å². The largest absolute Gasteiger partial charge is 0.367 e. The summed E-state index contributed by atoms with van der Waals surface area (Å²) in [6, 6.07) is 6.76. The van der Waals surface area contributed by atoms with Gasteiger partial charge in [-0.15, -0.1) is 0 Å². The number of primary amides is 1. The monoisotopic (exact) mass is 312 g/mol.